The predicted octanol–water partition coefficient (Wildman–Crippen LogP) is 2.62. The van der Waals surface area contributed by atoms with Crippen LogP contribution in [0, 0.1) is 5.92 Å². The average Bonchev–Trinajstić information content (AvgIpc) is 3.35. The summed E-state index contributed by atoms with van der Waals surface area (Å²) in [5.74, 6) is 0.847. The van der Waals surface area contributed by atoms with E-state index in [-0.39, 0.29) is 23.7 Å². The standard InChI is InChI=1S/C23H27N3O2/c24-13-20-15-26(16-21(20)18-5-2-1-3-6-18)23(28)19-10-8-17(9-11-19)14-25-12-4-7-22(25)27/h1-3,5-6,8-11,20-21H,4,7,12-16,24H2/t20-,21+/m1/s1. The monoisotopic (exact) mass is 377 g/mol. The third-order valence-corrected chi connectivity index (χ3v) is 6.00. The molecule has 0 radical (unpaired) electrons. The molecule has 0 bridgehead atoms. The lowest BCUT2D eigenvalue weighted by atomic mass is 9.89. The minimum Gasteiger partial charge on any atom is -0.338 e. The third-order valence-electron chi connectivity index (χ3n) is 6.00. The summed E-state index contributed by atoms with van der Waals surface area (Å²) >= 11 is 0. The van der Waals surface area contributed by atoms with Gasteiger partial charge in [-0.1, -0.05) is 42.5 Å². The summed E-state index contributed by atoms with van der Waals surface area (Å²) in [6.07, 6.45) is 1.59. The second kappa shape index (κ2) is 8.15. The van der Waals surface area contributed by atoms with Crippen molar-refractivity contribution in [1.82, 2.24) is 9.80 Å². The molecule has 2 N–H and O–H groups in total. The number of nitrogens with zero attached hydrogens (tertiary/aromatic N) is 2. The van der Waals surface area contributed by atoms with Crippen LogP contribution >= 0.6 is 0 Å². The van der Waals surface area contributed by atoms with Crippen molar-refractivity contribution >= 4 is 11.8 Å². The van der Waals surface area contributed by atoms with Crippen LogP contribution < -0.4 is 5.73 Å². The summed E-state index contributed by atoms with van der Waals surface area (Å²) in [5, 5.41) is 0. The fourth-order valence-electron chi connectivity index (χ4n) is 4.38. The highest BCUT2D eigenvalue weighted by molar-refractivity contribution is 5.94. The van der Waals surface area contributed by atoms with E-state index in [2.05, 4.69) is 12.1 Å². The molecule has 0 unspecified atom stereocenters. The first-order valence-electron chi connectivity index (χ1n) is 10.1. The highest BCUT2D eigenvalue weighted by Crippen LogP contribution is 2.32. The van der Waals surface area contributed by atoms with Gasteiger partial charge in [0, 0.05) is 44.1 Å². The van der Waals surface area contributed by atoms with Gasteiger partial charge in [0.15, 0.2) is 0 Å². The maximum atomic E-state index is 13.0. The molecule has 2 fully saturated rings. The number of hydrogen-bond donors (Lipinski definition) is 1. The van der Waals surface area contributed by atoms with E-state index < -0.39 is 0 Å². The number of carbonyl (C=O) groups is 2. The van der Waals surface area contributed by atoms with Crippen molar-refractivity contribution in [2.75, 3.05) is 26.2 Å². The Bertz CT molecular complexity index is 835. The van der Waals surface area contributed by atoms with E-state index in [1.165, 1.54) is 5.56 Å². The molecule has 2 aliphatic rings. The van der Waals surface area contributed by atoms with Crippen molar-refractivity contribution in [3.63, 3.8) is 0 Å². The van der Waals surface area contributed by atoms with Gasteiger partial charge in [-0.15, -0.1) is 0 Å². The zero-order valence-corrected chi connectivity index (χ0v) is 16.1. The summed E-state index contributed by atoms with van der Waals surface area (Å²) in [6.45, 7) is 3.43. The van der Waals surface area contributed by atoms with Crippen LogP contribution in [0.3, 0.4) is 0 Å². The molecule has 2 heterocycles. The molecule has 2 atom stereocenters. The number of amides is 2. The van der Waals surface area contributed by atoms with Gasteiger partial charge in [-0.3, -0.25) is 9.59 Å². The van der Waals surface area contributed by atoms with E-state index in [1.54, 1.807) is 0 Å². The summed E-state index contributed by atoms with van der Waals surface area (Å²) < 4.78 is 0. The molecule has 146 valence electrons. The molecular formula is C23H27N3O2. The minimum absolute atomic E-state index is 0.0562. The lowest BCUT2D eigenvalue weighted by Gasteiger charge is -2.18. The van der Waals surface area contributed by atoms with Gasteiger partial charge in [-0.05, 0) is 42.1 Å². The summed E-state index contributed by atoms with van der Waals surface area (Å²) in [7, 11) is 0. The molecule has 0 aromatic heterocycles. The summed E-state index contributed by atoms with van der Waals surface area (Å²) in [4.78, 5) is 28.6. The fraction of sp³-hybridized carbons (Fsp3) is 0.391. The van der Waals surface area contributed by atoms with Crippen LogP contribution in [0.4, 0.5) is 0 Å². The SMILES string of the molecule is NC[C@@H]1CN(C(=O)c2ccc(CN3CCCC3=O)cc2)C[C@H]1c1ccccc1. The number of benzene rings is 2. The Kier molecular flexibility index (Phi) is 5.44. The van der Waals surface area contributed by atoms with Gasteiger partial charge >= 0.3 is 0 Å². The van der Waals surface area contributed by atoms with Crippen molar-refractivity contribution in [1.29, 1.82) is 0 Å². The van der Waals surface area contributed by atoms with Crippen LogP contribution in [-0.4, -0.2) is 47.8 Å². The van der Waals surface area contributed by atoms with Gasteiger partial charge in [0.2, 0.25) is 5.91 Å². The van der Waals surface area contributed by atoms with Crippen LogP contribution in [0.5, 0.6) is 0 Å². The maximum Gasteiger partial charge on any atom is 0.253 e. The second-order valence-electron chi connectivity index (χ2n) is 7.84. The summed E-state index contributed by atoms with van der Waals surface area (Å²) in [5.41, 5.74) is 9.01. The minimum atomic E-state index is 0.0562. The molecule has 4 rings (SSSR count). The van der Waals surface area contributed by atoms with E-state index in [9.17, 15) is 9.59 Å². The zero-order chi connectivity index (χ0) is 19.5. The summed E-state index contributed by atoms with van der Waals surface area (Å²) in [6, 6.07) is 18.0. The number of likely N-dealkylation sites (tertiary alicyclic amines) is 2. The number of rotatable bonds is 5. The van der Waals surface area contributed by atoms with Gasteiger partial charge < -0.3 is 15.5 Å². The van der Waals surface area contributed by atoms with Gasteiger partial charge in [-0.2, -0.15) is 0 Å². The Morgan fingerprint density at radius 3 is 2.43 bits per heavy atom. The molecule has 28 heavy (non-hydrogen) atoms. The van der Waals surface area contributed by atoms with E-state index in [4.69, 9.17) is 5.73 Å². The molecule has 2 aromatic carbocycles. The van der Waals surface area contributed by atoms with Gasteiger partial charge in [-0.25, -0.2) is 0 Å². The zero-order valence-electron chi connectivity index (χ0n) is 16.1. The average molecular weight is 377 g/mol. The molecule has 2 aliphatic heterocycles. The third kappa shape index (κ3) is 3.80. The topological polar surface area (TPSA) is 66.6 Å². The Morgan fingerprint density at radius 2 is 1.79 bits per heavy atom. The first-order valence-corrected chi connectivity index (χ1v) is 10.1. The Morgan fingerprint density at radius 1 is 1.04 bits per heavy atom. The number of hydrogen-bond acceptors (Lipinski definition) is 3. The van der Waals surface area contributed by atoms with Crippen LogP contribution in [0.15, 0.2) is 54.6 Å². The Labute approximate surface area is 166 Å². The quantitative estimate of drug-likeness (QED) is 0.871. The van der Waals surface area contributed by atoms with E-state index in [0.29, 0.717) is 38.2 Å². The molecule has 2 aromatic rings. The van der Waals surface area contributed by atoms with Gasteiger partial charge in [0.25, 0.3) is 5.91 Å². The highest BCUT2D eigenvalue weighted by atomic mass is 16.2. The van der Waals surface area contributed by atoms with Crippen LogP contribution in [0.1, 0.15) is 40.2 Å². The largest absolute Gasteiger partial charge is 0.338 e. The normalized spacial score (nSPS) is 22.1. The van der Waals surface area contributed by atoms with E-state index >= 15 is 0 Å². The van der Waals surface area contributed by atoms with E-state index in [1.807, 2.05) is 52.3 Å². The Hall–Kier alpha value is -2.66. The molecule has 2 saturated heterocycles. The molecule has 0 aliphatic carbocycles. The number of nitrogens with two attached hydrogens (primary N) is 1. The van der Waals surface area contributed by atoms with Crippen molar-refractivity contribution in [2.24, 2.45) is 11.7 Å². The number of carbonyl (C=O) groups excluding carboxylic acids is 2. The lowest BCUT2D eigenvalue weighted by Crippen LogP contribution is -2.30. The van der Waals surface area contributed by atoms with Gasteiger partial charge in [0.1, 0.15) is 0 Å². The van der Waals surface area contributed by atoms with Crippen LogP contribution in [-0.2, 0) is 11.3 Å². The molecule has 2 amide bonds. The maximum absolute atomic E-state index is 13.0. The molecular weight excluding hydrogens is 350 g/mol. The first kappa shape index (κ1) is 18.7. The van der Waals surface area contributed by atoms with Crippen LogP contribution in [0.25, 0.3) is 0 Å². The van der Waals surface area contributed by atoms with E-state index in [0.717, 1.165) is 18.5 Å². The van der Waals surface area contributed by atoms with Crippen molar-refractivity contribution in [3.8, 4) is 0 Å². The van der Waals surface area contributed by atoms with Crippen molar-refractivity contribution in [2.45, 2.75) is 25.3 Å². The van der Waals surface area contributed by atoms with Gasteiger partial charge in [0.05, 0.1) is 0 Å². The molecule has 0 spiro atoms. The predicted molar refractivity (Wildman–Crippen MR) is 109 cm³/mol. The highest BCUT2D eigenvalue weighted by Gasteiger charge is 2.35. The molecule has 0 saturated carbocycles. The molecule has 5 nitrogen and oxygen atoms in total. The fourth-order valence-corrected chi connectivity index (χ4v) is 4.38. The van der Waals surface area contributed by atoms with Crippen molar-refractivity contribution in [3.05, 3.63) is 71.3 Å². The van der Waals surface area contributed by atoms with Crippen molar-refractivity contribution < 1.29 is 9.59 Å². The van der Waals surface area contributed by atoms with Crippen LogP contribution in [0.2, 0.25) is 0 Å². The lowest BCUT2D eigenvalue weighted by molar-refractivity contribution is -0.128. The second-order valence-corrected chi connectivity index (χ2v) is 7.84. The molecule has 5 heteroatoms. The smallest absolute Gasteiger partial charge is 0.253 e. The first-order chi connectivity index (χ1) is 13.7. The Balaban J connectivity index is 1.43.